The zero-order chi connectivity index (χ0) is 13.5. The van der Waals surface area contributed by atoms with E-state index in [0.717, 1.165) is 5.56 Å². The first-order valence-corrected chi connectivity index (χ1v) is 6.71. The number of ether oxygens (including phenoxy) is 3. The van der Waals surface area contributed by atoms with Gasteiger partial charge in [-0.25, -0.2) is 0 Å². The van der Waals surface area contributed by atoms with E-state index < -0.39 is 5.97 Å². The van der Waals surface area contributed by atoms with Crippen LogP contribution in [0.3, 0.4) is 0 Å². The molecular weight excluding hydrogens is 254 g/mol. The van der Waals surface area contributed by atoms with Gasteiger partial charge in [-0.3, -0.25) is 4.98 Å². The van der Waals surface area contributed by atoms with Crippen molar-refractivity contribution < 1.29 is 14.2 Å². The van der Waals surface area contributed by atoms with Gasteiger partial charge < -0.3 is 14.2 Å². The van der Waals surface area contributed by atoms with E-state index in [4.69, 9.17) is 14.2 Å². The second-order valence-corrected chi connectivity index (χ2v) is 5.30. The van der Waals surface area contributed by atoms with E-state index in [1.165, 1.54) is 5.56 Å². The second-order valence-electron chi connectivity index (χ2n) is 5.30. The summed E-state index contributed by atoms with van der Waals surface area (Å²) in [5.74, 6) is -1.06. The van der Waals surface area contributed by atoms with Gasteiger partial charge >= 0.3 is 5.97 Å². The third-order valence-corrected chi connectivity index (χ3v) is 4.04. The SMILES string of the molecule is c1ccc(C23COC(c4ccncc4)(OC2)OC3)cc1. The van der Waals surface area contributed by atoms with Crippen LogP contribution in [0.5, 0.6) is 0 Å². The van der Waals surface area contributed by atoms with Crippen molar-refractivity contribution >= 4 is 0 Å². The molecule has 1 aromatic carbocycles. The van der Waals surface area contributed by atoms with Crippen LogP contribution in [-0.4, -0.2) is 24.8 Å². The van der Waals surface area contributed by atoms with Crippen molar-refractivity contribution in [3.63, 3.8) is 0 Å². The summed E-state index contributed by atoms with van der Waals surface area (Å²) in [5, 5.41) is 0. The van der Waals surface area contributed by atoms with Crippen LogP contribution in [0.1, 0.15) is 11.1 Å². The number of hydrogen-bond donors (Lipinski definition) is 0. The Labute approximate surface area is 117 Å². The Balaban J connectivity index is 1.64. The molecule has 4 heteroatoms. The predicted octanol–water partition coefficient (Wildman–Crippen LogP) is 2.21. The third kappa shape index (κ3) is 1.69. The monoisotopic (exact) mass is 269 g/mol. The van der Waals surface area contributed by atoms with E-state index in [9.17, 15) is 0 Å². The van der Waals surface area contributed by atoms with E-state index in [0.29, 0.717) is 19.8 Å². The molecule has 3 aliphatic heterocycles. The fraction of sp³-hybridized carbons (Fsp3) is 0.312. The van der Waals surface area contributed by atoms with Gasteiger partial charge in [-0.2, -0.15) is 0 Å². The molecule has 0 amide bonds. The zero-order valence-corrected chi connectivity index (χ0v) is 11.0. The fourth-order valence-corrected chi connectivity index (χ4v) is 2.80. The predicted molar refractivity (Wildman–Crippen MR) is 71.9 cm³/mol. The Kier molecular flexibility index (Phi) is 2.63. The molecule has 0 aliphatic carbocycles. The zero-order valence-electron chi connectivity index (χ0n) is 11.0. The maximum Gasteiger partial charge on any atom is 0.312 e. The minimum absolute atomic E-state index is 0.198. The fourth-order valence-electron chi connectivity index (χ4n) is 2.80. The van der Waals surface area contributed by atoms with Crippen LogP contribution in [-0.2, 0) is 25.6 Å². The van der Waals surface area contributed by atoms with Gasteiger partial charge in [-0.05, 0) is 17.7 Å². The summed E-state index contributed by atoms with van der Waals surface area (Å²) in [5.41, 5.74) is 1.85. The van der Waals surface area contributed by atoms with Crippen LogP contribution < -0.4 is 0 Å². The average Bonchev–Trinajstić information content (AvgIpc) is 2.58. The van der Waals surface area contributed by atoms with Gasteiger partial charge in [-0.15, -0.1) is 0 Å². The van der Waals surface area contributed by atoms with Gasteiger partial charge in [0.25, 0.3) is 0 Å². The topological polar surface area (TPSA) is 40.6 Å². The van der Waals surface area contributed by atoms with Crippen LogP contribution >= 0.6 is 0 Å². The number of benzene rings is 1. The van der Waals surface area contributed by atoms with Crippen molar-refractivity contribution in [2.75, 3.05) is 19.8 Å². The summed E-state index contributed by atoms with van der Waals surface area (Å²) in [6.45, 7) is 1.79. The lowest BCUT2D eigenvalue weighted by atomic mass is 9.81. The van der Waals surface area contributed by atoms with Gasteiger partial charge in [0.1, 0.15) is 0 Å². The number of pyridine rings is 1. The highest BCUT2D eigenvalue weighted by Crippen LogP contribution is 2.45. The molecule has 20 heavy (non-hydrogen) atoms. The molecule has 3 aliphatic rings. The molecule has 0 N–H and O–H groups in total. The van der Waals surface area contributed by atoms with Gasteiger partial charge in [0.05, 0.1) is 25.2 Å². The summed E-state index contributed by atoms with van der Waals surface area (Å²) >= 11 is 0. The Morgan fingerprint density at radius 2 is 1.35 bits per heavy atom. The molecule has 0 saturated carbocycles. The van der Waals surface area contributed by atoms with E-state index in [1.807, 2.05) is 30.3 Å². The highest BCUT2D eigenvalue weighted by atomic mass is 16.9. The molecule has 2 aromatic rings. The molecular formula is C16H15NO3. The Hall–Kier alpha value is -1.75. The Morgan fingerprint density at radius 1 is 0.750 bits per heavy atom. The summed E-state index contributed by atoms with van der Waals surface area (Å²) < 4.78 is 17.8. The van der Waals surface area contributed by atoms with E-state index >= 15 is 0 Å². The summed E-state index contributed by atoms with van der Waals surface area (Å²) in [6.07, 6.45) is 3.43. The van der Waals surface area contributed by atoms with Crippen LogP contribution in [0.4, 0.5) is 0 Å². The maximum atomic E-state index is 5.94. The largest absolute Gasteiger partial charge is 0.322 e. The molecule has 0 spiro atoms. The average molecular weight is 269 g/mol. The minimum Gasteiger partial charge on any atom is -0.322 e. The maximum absolute atomic E-state index is 5.94. The highest BCUT2D eigenvalue weighted by molar-refractivity contribution is 5.28. The van der Waals surface area contributed by atoms with Crippen molar-refractivity contribution in [3.8, 4) is 0 Å². The van der Waals surface area contributed by atoms with E-state index in [1.54, 1.807) is 12.4 Å². The van der Waals surface area contributed by atoms with Crippen molar-refractivity contribution in [2.24, 2.45) is 0 Å². The van der Waals surface area contributed by atoms with Gasteiger partial charge in [-0.1, -0.05) is 30.3 Å². The Bertz CT molecular complexity index is 520. The number of nitrogens with zero attached hydrogens (tertiary/aromatic N) is 1. The van der Waals surface area contributed by atoms with Crippen molar-refractivity contribution in [3.05, 3.63) is 66.0 Å². The first-order chi connectivity index (χ1) is 9.83. The molecule has 3 fully saturated rings. The number of fused-ring (bicyclic) bond motifs is 3. The molecule has 102 valence electrons. The molecule has 0 radical (unpaired) electrons. The van der Waals surface area contributed by atoms with Crippen molar-refractivity contribution in [1.29, 1.82) is 0 Å². The molecule has 0 atom stereocenters. The molecule has 3 saturated heterocycles. The van der Waals surface area contributed by atoms with Gasteiger partial charge in [0.2, 0.25) is 0 Å². The first-order valence-electron chi connectivity index (χ1n) is 6.71. The summed E-state index contributed by atoms with van der Waals surface area (Å²) in [7, 11) is 0. The lowest BCUT2D eigenvalue weighted by Crippen LogP contribution is -2.60. The molecule has 4 heterocycles. The molecule has 1 aromatic heterocycles. The second kappa shape index (κ2) is 4.38. The lowest BCUT2D eigenvalue weighted by Gasteiger charge is -2.52. The standard InChI is InChI=1S/C16H15NO3/c1-2-4-13(5-3-1)15-10-18-16(19-11-15,20-12-15)14-6-8-17-9-7-14/h1-9H,10-12H2. The van der Waals surface area contributed by atoms with Crippen molar-refractivity contribution in [1.82, 2.24) is 4.98 Å². The quantitative estimate of drug-likeness (QED) is 0.838. The summed E-state index contributed by atoms with van der Waals surface area (Å²) in [4.78, 5) is 4.01. The van der Waals surface area contributed by atoms with E-state index in [2.05, 4.69) is 17.1 Å². The van der Waals surface area contributed by atoms with Crippen LogP contribution in [0.25, 0.3) is 0 Å². The van der Waals surface area contributed by atoms with Gasteiger partial charge in [0.15, 0.2) is 0 Å². The van der Waals surface area contributed by atoms with Crippen LogP contribution in [0.15, 0.2) is 54.9 Å². The number of hydrogen-bond acceptors (Lipinski definition) is 4. The third-order valence-electron chi connectivity index (χ3n) is 4.04. The summed E-state index contributed by atoms with van der Waals surface area (Å²) in [6, 6.07) is 14.0. The molecule has 4 nitrogen and oxygen atoms in total. The molecule has 5 rings (SSSR count). The number of rotatable bonds is 2. The van der Waals surface area contributed by atoms with Crippen LogP contribution in [0.2, 0.25) is 0 Å². The normalized spacial score (nSPS) is 32.2. The smallest absolute Gasteiger partial charge is 0.312 e. The minimum atomic E-state index is -1.06. The highest BCUT2D eigenvalue weighted by Gasteiger charge is 2.54. The Morgan fingerprint density at radius 3 is 1.95 bits per heavy atom. The lowest BCUT2D eigenvalue weighted by molar-refractivity contribution is -0.466. The first kappa shape index (κ1) is 12.0. The van der Waals surface area contributed by atoms with Crippen molar-refractivity contribution in [2.45, 2.75) is 11.4 Å². The molecule has 2 bridgehead atoms. The van der Waals surface area contributed by atoms with E-state index in [-0.39, 0.29) is 5.41 Å². The number of aromatic nitrogens is 1. The molecule has 0 unspecified atom stereocenters. The van der Waals surface area contributed by atoms with Gasteiger partial charge in [0, 0.05) is 18.0 Å². The van der Waals surface area contributed by atoms with Crippen LogP contribution in [0, 0.1) is 0 Å².